The van der Waals surface area contributed by atoms with Crippen LogP contribution in [0.3, 0.4) is 0 Å². The smallest absolute Gasteiger partial charge is 0.0935 e. The molecule has 1 aliphatic carbocycles. The Labute approximate surface area is 88.3 Å². The zero-order valence-corrected chi connectivity index (χ0v) is 9.18. The van der Waals surface area contributed by atoms with Gasteiger partial charge < -0.3 is 5.11 Å². The van der Waals surface area contributed by atoms with Crippen LogP contribution >= 0.6 is 11.3 Å². The molecule has 3 heteroatoms. The molecule has 1 heterocycles. The Morgan fingerprint density at radius 2 is 2.50 bits per heavy atom. The highest BCUT2D eigenvalue weighted by Crippen LogP contribution is 2.30. The summed E-state index contributed by atoms with van der Waals surface area (Å²) >= 11 is 1.59. The van der Waals surface area contributed by atoms with Gasteiger partial charge in [-0.15, -0.1) is 11.3 Å². The number of thiazole rings is 1. The van der Waals surface area contributed by atoms with E-state index in [4.69, 9.17) is 0 Å². The van der Waals surface area contributed by atoms with Crippen molar-refractivity contribution >= 4 is 11.3 Å². The lowest BCUT2D eigenvalue weighted by Crippen LogP contribution is -1.95. The van der Waals surface area contributed by atoms with Crippen LogP contribution in [-0.2, 0) is 0 Å². The molecule has 1 unspecified atom stereocenters. The minimum atomic E-state index is -0.342. The van der Waals surface area contributed by atoms with Crippen molar-refractivity contribution < 1.29 is 5.11 Å². The number of aliphatic hydroxyl groups is 1. The van der Waals surface area contributed by atoms with E-state index in [0.717, 1.165) is 22.7 Å². The van der Waals surface area contributed by atoms with E-state index in [0.29, 0.717) is 0 Å². The van der Waals surface area contributed by atoms with E-state index in [1.54, 1.807) is 17.5 Å². The summed E-state index contributed by atoms with van der Waals surface area (Å²) in [5.41, 5.74) is 1.41. The van der Waals surface area contributed by atoms with Crippen LogP contribution < -0.4 is 0 Å². The van der Waals surface area contributed by atoms with Gasteiger partial charge in [0, 0.05) is 6.20 Å². The van der Waals surface area contributed by atoms with E-state index in [2.05, 4.69) is 11.1 Å². The number of aryl methyl sites for hydroxylation is 1. The molecule has 1 aromatic heterocycles. The molecule has 0 radical (unpaired) electrons. The van der Waals surface area contributed by atoms with Gasteiger partial charge in [-0.2, -0.15) is 0 Å². The second-order valence-electron chi connectivity index (χ2n) is 3.76. The van der Waals surface area contributed by atoms with Crippen molar-refractivity contribution in [2.24, 2.45) is 0 Å². The molecule has 0 aliphatic heterocycles. The fraction of sp³-hybridized carbons (Fsp3) is 0.545. The predicted octanol–water partition coefficient (Wildman–Crippen LogP) is 2.99. The van der Waals surface area contributed by atoms with Gasteiger partial charge in [-0.05, 0) is 32.6 Å². The molecule has 14 heavy (non-hydrogen) atoms. The van der Waals surface area contributed by atoms with Gasteiger partial charge >= 0.3 is 0 Å². The Bertz CT molecular complexity index is 343. The third kappa shape index (κ3) is 2.22. The Morgan fingerprint density at radius 1 is 1.64 bits per heavy atom. The summed E-state index contributed by atoms with van der Waals surface area (Å²) in [6, 6.07) is 0. The topological polar surface area (TPSA) is 33.1 Å². The summed E-state index contributed by atoms with van der Waals surface area (Å²) in [5, 5.41) is 11.0. The van der Waals surface area contributed by atoms with Gasteiger partial charge in [-0.3, -0.25) is 0 Å². The molecule has 0 bridgehead atoms. The third-order valence-electron chi connectivity index (χ3n) is 2.56. The summed E-state index contributed by atoms with van der Waals surface area (Å²) < 4.78 is 0. The molecule has 0 fully saturated rings. The first-order chi connectivity index (χ1) is 6.75. The highest BCUT2D eigenvalue weighted by molar-refractivity contribution is 7.11. The Kier molecular flexibility index (Phi) is 2.99. The minimum absolute atomic E-state index is 0.342. The molecular weight excluding hydrogens is 194 g/mol. The highest BCUT2D eigenvalue weighted by Gasteiger charge is 2.14. The normalized spacial score (nSPS) is 18.3. The SMILES string of the molecule is Cc1ncc(C(O)CC2=CCCC2)s1. The van der Waals surface area contributed by atoms with Crippen molar-refractivity contribution in [3.63, 3.8) is 0 Å². The van der Waals surface area contributed by atoms with Gasteiger partial charge in [-0.1, -0.05) is 11.6 Å². The van der Waals surface area contributed by atoms with E-state index >= 15 is 0 Å². The highest BCUT2D eigenvalue weighted by atomic mass is 32.1. The molecule has 2 rings (SSSR count). The number of allylic oxidation sites excluding steroid dienone is 1. The van der Waals surface area contributed by atoms with Crippen LogP contribution in [0, 0.1) is 6.92 Å². The number of nitrogens with zero attached hydrogens (tertiary/aromatic N) is 1. The Morgan fingerprint density at radius 3 is 3.07 bits per heavy atom. The molecule has 76 valence electrons. The Hall–Kier alpha value is -0.670. The summed E-state index contributed by atoms with van der Waals surface area (Å²) in [6.45, 7) is 1.97. The maximum absolute atomic E-state index is 9.92. The van der Waals surface area contributed by atoms with Crippen LogP contribution in [0.15, 0.2) is 17.8 Å². The van der Waals surface area contributed by atoms with Crippen LogP contribution in [0.25, 0.3) is 0 Å². The van der Waals surface area contributed by atoms with Crippen molar-refractivity contribution in [1.82, 2.24) is 4.98 Å². The van der Waals surface area contributed by atoms with Gasteiger partial charge in [0.05, 0.1) is 16.0 Å². The van der Waals surface area contributed by atoms with Crippen molar-refractivity contribution in [2.75, 3.05) is 0 Å². The largest absolute Gasteiger partial charge is 0.387 e. The second-order valence-corrected chi connectivity index (χ2v) is 5.02. The monoisotopic (exact) mass is 209 g/mol. The molecule has 1 aromatic rings. The van der Waals surface area contributed by atoms with Crippen LogP contribution in [0.2, 0.25) is 0 Å². The number of aliphatic hydroxyl groups excluding tert-OH is 1. The maximum Gasteiger partial charge on any atom is 0.0935 e. The Balaban J connectivity index is 1.98. The molecule has 1 N–H and O–H groups in total. The van der Waals surface area contributed by atoms with E-state index in [-0.39, 0.29) is 6.10 Å². The zero-order chi connectivity index (χ0) is 9.97. The van der Waals surface area contributed by atoms with E-state index in [1.807, 2.05) is 6.92 Å². The number of rotatable bonds is 3. The van der Waals surface area contributed by atoms with Crippen LogP contribution in [-0.4, -0.2) is 10.1 Å². The molecule has 1 aliphatic rings. The molecule has 0 amide bonds. The first-order valence-electron chi connectivity index (χ1n) is 5.04. The maximum atomic E-state index is 9.92. The average Bonchev–Trinajstić information content (AvgIpc) is 2.75. The standard InChI is InChI=1S/C11H15NOS/c1-8-12-7-11(14-8)10(13)6-9-4-2-3-5-9/h4,7,10,13H,2-3,5-6H2,1H3. The molecule has 0 saturated heterocycles. The number of aromatic nitrogens is 1. The molecule has 0 aromatic carbocycles. The fourth-order valence-corrected chi connectivity index (χ4v) is 2.57. The summed E-state index contributed by atoms with van der Waals surface area (Å²) in [5.74, 6) is 0. The second kappa shape index (κ2) is 4.24. The van der Waals surface area contributed by atoms with Gasteiger partial charge in [0.15, 0.2) is 0 Å². The molecular formula is C11H15NOS. The van der Waals surface area contributed by atoms with Crippen LogP contribution in [0.1, 0.15) is 41.7 Å². The van der Waals surface area contributed by atoms with E-state index < -0.39 is 0 Å². The lowest BCUT2D eigenvalue weighted by molar-refractivity contribution is 0.181. The summed E-state index contributed by atoms with van der Waals surface area (Å²) in [6.07, 6.45) is 8.10. The average molecular weight is 209 g/mol. The van der Waals surface area contributed by atoms with Gasteiger partial charge in [-0.25, -0.2) is 4.98 Å². The number of hydrogen-bond donors (Lipinski definition) is 1. The first-order valence-corrected chi connectivity index (χ1v) is 5.85. The zero-order valence-electron chi connectivity index (χ0n) is 8.36. The minimum Gasteiger partial charge on any atom is -0.387 e. The van der Waals surface area contributed by atoms with Crippen molar-refractivity contribution in [2.45, 2.75) is 38.7 Å². The summed E-state index contributed by atoms with van der Waals surface area (Å²) in [7, 11) is 0. The van der Waals surface area contributed by atoms with Crippen molar-refractivity contribution in [3.8, 4) is 0 Å². The van der Waals surface area contributed by atoms with Crippen molar-refractivity contribution in [3.05, 3.63) is 27.7 Å². The molecule has 2 nitrogen and oxygen atoms in total. The lowest BCUT2D eigenvalue weighted by Gasteiger charge is -2.08. The van der Waals surface area contributed by atoms with E-state index in [9.17, 15) is 5.11 Å². The number of hydrogen-bond acceptors (Lipinski definition) is 3. The quantitative estimate of drug-likeness (QED) is 0.776. The lowest BCUT2D eigenvalue weighted by atomic mass is 10.1. The van der Waals surface area contributed by atoms with Crippen LogP contribution in [0.5, 0.6) is 0 Å². The molecule has 0 saturated carbocycles. The predicted molar refractivity (Wildman–Crippen MR) is 58.4 cm³/mol. The van der Waals surface area contributed by atoms with Gasteiger partial charge in [0.2, 0.25) is 0 Å². The van der Waals surface area contributed by atoms with Gasteiger partial charge in [0.1, 0.15) is 0 Å². The summed E-state index contributed by atoms with van der Waals surface area (Å²) in [4.78, 5) is 5.15. The molecule has 0 spiro atoms. The van der Waals surface area contributed by atoms with E-state index in [1.165, 1.54) is 18.4 Å². The van der Waals surface area contributed by atoms with Crippen molar-refractivity contribution in [1.29, 1.82) is 0 Å². The first kappa shape index (κ1) is 9.87. The molecule has 1 atom stereocenters. The third-order valence-corrected chi connectivity index (χ3v) is 3.57. The van der Waals surface area contributed by atoms with Crippen LogP contribution in [0.4, 0.5) is 0 Å². The van der Waals surface area contributed by atoms with Gasteiger partial charge in [0.25, 0.3) is 0 Å². The fourth-order valence-electron chi connectivity index (χ4n) is 1.80.